The van der Waals surface area contributed by atoms with Gasteiger partial charge in [0.1, 0.15) is 5.15 Å². The molecule has 2 N–H and O–H groups in total. The number of halogens is 1. The van der Waals surface area contributed by atoms with Crippen molar-refractivity contribution < 1.29 is 9.90 Å². The lowest BCUT2D eigenvalue weighted by Crippen LogP contribution is -2.14. The first-order chi connectivity index (χ1) is 12.9. The molecule has 4 rings (SSSR count). The van der Waals surface area contributed by atoms with Crippen LogP contribution in [0, 0.1) is 0 Å². The summed E-state index contributed by atoms with van der Waals surface area (Å²) in [5.41, 5.74) is 3.13. The Labute approximate surface area is 158 Å². The molecule has 3 heterocycles. The van der Waals surface area contributed by atoms with Crippen LogP contribution in [0.25, 0.3) is 27.8 Å². The molecular formula is C19H15ClN4O3. The molecule has 0 saturated carbocycles. The first kappa shape index (κ1) is 17.1. The number of aryl methyl sites for hydroxylation is 1. The third-order valence-corrected chi connectivity index (χ3v) is 4.95. The molecule has 0 amide bonds. The van der Waals surface area contributed by atoms with E-state index in [1.807, 2.05) is 30.3 Å². The third kappa shape index (κ3) is 2.55. The summed E-state index contributed by atoms with van der Waals surface area (Å²) in [5, 5.41) is 13.3. The van der Waals surface area contributed by atoms with Crippen molar-refractivity contribution in [2.45, 2.75) is 0 Å². The average molecular weight is 383 g/mol. The topological polar surface area (TPSA) is 88.6 Å². The fourth-order valence-corrected chi connectivity index (χ4v) is 3.51. The minimum Gasteiger partial charge on any atom is -0.476 e. The van der Waals surface area contributed by atoms with E-state index in [2.05, 4.69) is 10.3 Å². The summed E-state index contributed by atoms with van der Waals surface area (Å²) in [7, 11) is 3.45. The van der Waals surface area contributed by atoms with Crippen molar-refractivity contribution in [3.63, 3.8) is 0 Å². The van der Waals surface area contributed by atoms with E-state index in [1.165, 1.54) is 6.07 Å². The maximum absolute atomic E-state index is 11.8. The summed E-state index contributed by atoms with van der Waals surface area (Å²) in [6.07, 6.45) is 0. The van der Waals surface area contributed by atoms with Crippen molar-refractivity contribution in [3.05, 3.63) is 63.7 Å². The van der Waals surface area contributed by atoms with Gasteiger partial charge in [-0.15, -0.1) is 0 Å². The monoisotopic (exact) mass is 382 g/mol. The Morgan fingerprint density at radius 3 is 2.67 bits per heavy atom. The van der Waals surface area contributed by atoms with Crippen LogP contribution < -0.4 is 10.9 Å². The number of hydrogen-bond acceptors (Lipinski definition) is 4. The molecule has 8 heteroatoms. The van der Waals surface area contributed by atoms with Crippen LogP contribution in [-0.4, -0.2) is 32.1 Å². The molecule has 0 aliphatic heterocycles. The van der Waals surface area contributed by atoms with Crippen molar-refractivity contribution in [2.75, 3.05) is 12.4 Å². The molecule has 0 bridgehead atoms. The van der Waals surface area contributed by atoms with Gasteiger partial charge in [-0.1, -0.05) is 17.7 Å². The van der Waals surface area contributed by atoms with Crippen LogP contribution in [0.1, 0.15) is 10.5 Å². The van der Waals surface area contributed by atoms with Gasteiger partial charge in [0.15, 0.2) is 11.3 Å². The lowest BCUT2D eigenvalue weighted by molar-refractivity contribution is 0.0691. The number of nitrogens with zero attached hydrogens (tertiary/aromatic N) is 3. The summed E-state index contributed by atoms with van der Waals surface area (Å²) in [6, 6.07) is 12.6. The number of imidazole rings is 1. The summed E-state index contributed by atoms with van der Waals surface area (Å²) < 4.78 is 3.19. The zero-order valence-electron chi connectivity index (χ0n) is 14.5. The molecule has 0 saturated heterocycles. The van der Waals surface area contributed by atoms with Gasteiger partial charge < -0.3 is 15.0 Å². The molecule has 0 atom stereocenters. The molecule has 4 aromatic rings. The number of pyridine rings is 2. The molecule has 27 heavy (non-hydrogen) atoms. The maximum Gasteiger partial charge on any atom is 0.357 e. The van der Waals surface area contributed by atoms with Crippen LogP contribution in [0.2, 0.25) is 5.15 Å². The summed E-state index contributed by atoms with van der Waals surface area (Å²) >= 11 is 6.35. The van der Waals surface area contributed by atoms with E-state index in [9.17, 15) is 14.7 Å². The third-order valence-electron chi connectivity index (χ3n) is 4.60. The largest absolute Gasteiger partial charge is 0.476 e. The summed E-state index contributed by atoms with van der Waals surface area (Å²) in [6.45, 7) is 0. The number of hydrogen-bond donors (Lipinski definition) is 2. The Balaban J connectivity index is 2.04. The molecule has 3 aromatic heterocycles. The van der Waals surface area contributed by atoms with E-state index in [4.69, 9.17) is 11.6 Å². The Morgan fingerprint density at radius 1 is 1.19 bits per heavy atom. The zero-order chi connectivity index (χ0) is 19.3. The van der Waals surface area contributed by atoms with Gasteiger partial charge >= 0.3 is 5.97 Å². The van der Waals surface area contributed by atoms with Crippen molar-refractivity contribution in [1.82, 2.24) is 14.0 Å². The molecule has 0 aliphatic rings. The van der Waals surface area contributed by atoms with E-state index < -0.39 is 5.97 Å². The Bertz CT molecular complexity index is 1290. The van der Waals surface area contributed by atoms with Crippen LogP contribution in [0.15, 0.2) is 47.3 Å². The number of fused-ring (bicyclic) bond motifs is 2. The first-order valence-electron chi connectivity index (χ1n) is 8.14. The van der Waals surface area contributed by atoms with Crippen LogP contribution in [0.4, 0.5) is 5.69 Å². The van der Waals surface area contributed by atoms with Gasteiger partial charge in [-0.05, 0) is 41.3 Å². The van der Waals surface area contributed by atoms with Gasteiger partial charge in [-0.3, -0.25) is 9.20 Å². The second-order valence-corrected chi connectivity index (χ2v) is 6.46. The minimum absolute atomic E-state index is 0.0326. The SMILES string of the molecule is CNc1ccc(-c2ccc3c(ccc(=O)n3C)c2)n2c(Cl)c(C(=O)O)nc12. The lowest BCUT2D eigenvalue weighted by Gasteiger charge is -2.12. The van der Waals surface area contributed by atoms with E-state index in [1.54, 1.807) is 29.1 Å². The number of nitrogens with one attached hydrogen (secondary N) is 1. The molecule has 7 nitrogen and oxygen atoms in total. The molecule has 0 unspecified atom stereocenters. The van der Waals surface area contributed by atoms with Gasteiger partial charge in [0, 0.05) is 20.2 Å². The minimum atomic E-state index is -1.19. The van der Waals surface area contributed by atoms with Gasteiger partial charge in [-0.25, -0.2) is 9.78 Å². The Kier molecular flexibility index (Phi) is 3.89. The molecule has 136 valence electrons. The van der Waals surface area contributed by atoms with Gasteiger partial charge in [0.2, 0.25) is 0 Å². The van der Waals surface area contributed by atoms with Crippen LogP contribution >= 0.6 is 11.6 Å². The fraction of sp³-hybridized carbons (Fsp3) is 0.105. The second kappa shape index (κ2) is 6.14. The predicted molar refractivity (Wildman–Crippen MR) is 105 cm³/mol. The van der Waals surface area contributed by atoms with E-state index >= 15 is 0 Å². The second-order valence-electron chi connectivity index (χ2n) is 6.10. The van der Waals surface area contributed by atoms with Gasteiger partial charge in [-0.2, -0.15) is 0 Å². The molecule has 0 radical (unpaired) electrons. The number of rotatable bonds is 3. The quantitative estimate of drug-likeness (QED) is 0.567. The highest BCUT2D eigenvalue weighted by atomic mass is 35.5. The zero-order valence-corrected chi connectivity index (χ0v) is 15.3. The normalized spacial score (nSPS) is 11.2. The van der Waals surface area contributed by atoms with Crippen molar-refractivity contribution in [1.29, 1.82) is 0 Å². The fourth-order valence-electron chi connectivity index (χ4n) is 3.21. The summed E-state index contributed by atoms with van der Waals surface area (Å²) in [5.74, 6) is -1.19. The number of benzene rings is 1. The number of carboxylic acid groups (broad SMARTS) is 1. The Morgan fingerprint density at radius 2 is 1.96 bits per heavy atom. The standard InChI is InChI=1S/C19H15ClN4O3/c1-21-12-5-7-14(24-17(20)16(19(26)27)22-18(12)24)11-3-6-13-10(9-11)4-8-15(25)23(13)2/h3-9,21H,1-2H3,(H,26,27). The van der Waals surface area contributed by atoms with Crippen molar-refractivity contribution in [2.24, 2.45) is 7.05 Å². The highest BCUT2D eigenvalue weighted by molar-refractivity contribution is 6.33. The molecular weight excluding hydrogens is 368 g/mol. The van der Waals surface area contributed by atoms with Crippen LogP contribution in [0.3, 0.4) is 0 Å². The number of carboxylic acids is 1. The molecule has 1 aromatic carbocycles. The number of anilines is 1. The molecule has 0 fully saturated rings. The highest BCUT2D eigenvalue weighted by Gasteiger charge is 2.21. The smallest absolute Gasteiger partial charge is 0.357 e. The van der Waals surface area contributed by atoms with Gasteiger partial charge in [0.05, 0.1) is 16.9 Å². The van der Waals surface area contributed by atoms with E-state index in [-0.39, 0.29) is 16.4 Å². The van der Waals surface area contributed by atoms with Gasteiger partial charge in [0.25, 0.3) is 5.56 Å². The first-order valence-corrected chi connectivity index (χ1v) is 8.52. The number of aromatic carboxylic acids is 1. The lowest BCUT2D eigenvalue weighted by atomic mass is 10.1. The maximum atomic E-state index is 11.8. The van der Waals surface area contributed by atoms with Crippen molar-refractivity contribution in [3.8, 4) is 11.3 Å². The van der Waals surface area contributed by atoms with Crippen LogP contribution in [-0.2, 0) is 7.05 Å². The summed E-state index contributed by atoms with van der Waals surface area (Å²) in [4.78, 5) is 27.5. The molecule has 0 spiro atoms. The number of aromatic nitrogens is 3. The molecule has 0 aliphatic carbocycles. The van der Waals surface area contributed by atoms with Crippen LogP contribution in [0.5, 0.6) is 0 Å². The average Bonchev–Trinajstić information content (AvgIpc) is 3.02. The van der Waals surface area contributed by atoms with E-state index in [0.29, 0.717) is 17.0 Å². The Hall–Kier alpha value is -3.32. The van der Waals surface area contributed by atoms with Crippen molar-refractivity contribution >= 4 is 39.8 Å². The highest BCUT2D eigenvalue weighted by Crippen LogP contribution is 2.32. The van der Waals surface area contributed by atoms with E-state index in [0.717, 1.165) is 16.5 Å². The predicted octanol–water partition coefficient (Wildman–Crippen LogP) is 3.25. The number of carbonyl (C=O) groups is 1.